The van der Waals surface area contributed by atoms with E-state index in [0.717, 1.165) is 42.7 Å². The molecule has 7 heteroatoms. The third-order valence-electron chi connectivity index (χ3n) is 7.66. The quantitative estimate of drug-likeness (QED) is 0.390. The maximum atomic E-state index is 13.1. The predicted molar refractivity (Wildman–Crippen MR) is 133 cm³/mol. The Morgan fingerprint density at radius 1 is 0.944 bits per heavy atom. The number of halogens is 2. The Bertz CT molecular complexity index is 1270. The molecule has 0 saturated heterocycles. The summed E-state index contributed by atoms with van der Waals surface area (Å²) in [6.07, 6.45) is 4.09. The number of benzene rings is 3. The predicted octanol–water partition coefficient (Wildman–Crippen LogP) is 6.89. The van der Waals surface area contributed by atoms with E-state index >= 15 is 0 Å². The minimum Gasteiger partial charge on any atom is -0.493 e. The average Bonchev–Trinajstić information content (AvgIpc) is 3.36. The number of alkyl halides is 2. The molecule has 2 aliphatic heterocycles. The summed E-state index contributed by atoms with van der Waals surface area (Å²) in [7, 11) is 1.65. The Kier molecular flexibility index (Phi) is 5.78. The zero-order valence-electron chi connectivity index (χ0n) is 20.1. The van der Waals surface area contributed by atoms with Gasteiger partial charge in [-0.1, -0.05) is 54.6 Å². The number of rotatable bonds is 5. The van der Waals surface area contributed by atoms with Crippen LogP contribution in [-0.4, -0.2) is 30.2 Å². The van der Waals surface area contributed by atoms with Crippen LogP contribution < -0.4 is 14.2 Å². The number of fused-ring (bicyclic) bond motifs is 4. The number of hydrogen-bond donors (Lipinski definition) is 0. The van der Waals surface area contributed by atoms with Crippen molar-refractivity contribution in [2.45, 2.75) is 56.4 Å². The molecule has 5 nitrogen and oxygen atoms in total. The van der Waals surface area contributed by atoms with E-state index in [0.29, 0.717) is 23.7 Å². The summed E-state index contributed by atoms with van der Waals surface area (Å²) >= 11 is 0. The average molecular weight is 491 g/mol. The van der Waals surface area contributed by atoms with Crippen molar-refractivity contribution >= 4 is 5.71 Å². The summed E-state index contributed by atoms with van der Waals surface area (Å²) in [5.74, 6) is 2.06. The van der Waals surface area contributed by atoms with E-state index in [9.17, 15) is 8.78 Å². The van der Waals surface area contributed by atoms with Gasteiger partial charge in [-0.05, 0) is 42.5 Å². The van der Waals surface area contributed by atoms with Crippen molar-refractivity contribution in [2.75, 3.05) is 7.11 Å². The maximum Gasteiger partial charge on any atom is 0.387 e. The number of nitrogens with zero attached hydrogens (tertiary/aromatic N) is 2. The van der Waals surface area contributed by atoms with Gasteiger partial charge in [-0.15, -0.1) is 0 Å². The molecule has 0 N–H and O–H groups in total. The Hall–Kier alpha value is -3.61. The molecule has 186 valence electrons. The van der Waals surface area contributed by atoms with Crippen LogP contribution in [0.1, 0.15) is 60.8 Å². The monoisotopic (exact) mass is 490 g/mol. The van der Waals surface area contributed by atoms with Crippen LogP contribution in [0.4, 0.5) is 8.78 Å². The molecule has 3 aliphatic rings. The molecule has 36 heavy (non-hydrogen) atoms. The molecular formula is C29H28F2N2O3. The van der Waals surface area contributed by atoms with Crippen LogP contribution in [0.15, 0.2) is 77.9 Å². The molecule has 0 unspecified atom stereocenters. The van der Waals surface area contributed by atoms with Crippen molar-refractivity contribution in [3.8, 4) is 17.2 Å². The molecular weight excluding hydrogens is 462 g/mol. The number of hydrogen-bond acceptors (Lipinski definition) is 5. The van der Waals surface area contributed by atoms with Gasteiger partial charge in [0.15, 0.2) is 17.2 Å². The van der Waals surface area contributed by atoms with Gasteiger partial charge in [0.1, 0.15) is 5.75 Å². The lowest BCUT2D eigenvalue weighted by Crippen LogP contribution is -2.55. The fourth-order valence-electron chi connectivity index (χ4n) is 5.96. The lowest BCUT2D eigenvalue weighted by molar-refractivity contribution is -0.143. The van der Waals surface area contributed by atoms with Crippen LogP contribution in [0.5, 0.6) is 17.2 Å². The minimum atomic E-state index is -2.90. The highest BCUT2D eigenvalue weighted by molar-refractivity contribution is 6.04. The fraction of sp³-hybridized carbons (Fsp3) is 0.345. The molecule has 1 aliphatic carbocycles. The van der Waals surface area contributed by atoms with Gasteiger partial charge in [-0.3, -0.25) is 0 Å². The van der Waals surface area contributed by atoms with E-state index in [2.05, 4.69) is 29.3 Å². The Morgan fingerprint density at radius 2 is 1.67 bits per heavy atom. The van der Waals surface area contributed by atoms with Gasteiger partial charge >= 0.3 is 6.61 Å². The zero-order chi connectivity index (χ0) is 24.7. The lowest BCUT2D eigenvalue weighted by Gasteiger charge is -2.50. The molecule has 6 rings (SSSR count). The van der Waals surface area contributed by atoms with Crippen molar-refractivity contribution in [1.29, 1.82) is 0 Å². The third-order valence-corrected chi connectivity index (χ3v) is 7.66. The van der Waals surface area contributed by atoms with Crippen molar-refractivity contribution in [1.82, 2.24) is 5.01 Å². The highest BCUT2D eigenvalue weighted by Crippen LogP contribution is 2.55. The first-order valence-corrected chi connectivity index (χ1v) is 12.4. The zero-order valence-corrected chi connectivity index (χ0v) is 20.1. The number of hydrazone groups is 1. The van der Waals surface area contributed by atoms with Crippen LogP contribution in [0.2, 0.25) is 0 Å². The number of ether oxygens (including phenoxy) is 3. The first-order valence-electron chi connectivity index (χ1n) is 12.4. The largest absolute Gasteiger partial charge is 0.493 e. The molecule has 3 aromatic carbocycles. The fourth-order valence-corrected chi connectivity index (χ4v) is 5.96. The second kappa shape index (κ2) is 9.12. The molecule has 0 bridgehead atoms. The van der Waals surface area contributed by atoms with E-state index < -0.39 is 12.3 Å². The van der Waals surface area contributed by atoms with Crippen LogP contribution in [0.25, 0.3) is 0 Å². The standard InChI is InChI=1S/C29H28F2N2O3/c1-34-26-13-7-11-22-24-18-23(21-10-5-6-12-25(21)35-28(30)31)32-33(24)29(36-27(22)26)16-14-20(15-17-29)19-8-3-2-4-9-19/h2-13,20,24,28H,14-18H2,1H3/t20?,24-,29?/m1/s1. The van der Waals surface area contributed by atoms with E-state index in [4.69, 9.17) is 19.3 Å². The van der Waals surface area contributed by atoms with Gasteiger partial charge in [0.25, 0.3) is 0 Å². The maximum absolute atomic E-state index is 13.1. The molecule has 1 spiro atoms. The Labute approximate surface area is 209 Å². The molecule has 0 radical (unpaired) electrons. The summed E-state index contributed by atoms with van der Waals surface area (Å²) in [6, 6.07) is 23.3. The summed E-state index contributed by atoms with van der Waals surface area (Å²) in [5.41, 5.74) is 3.03. The van der Waals surface area contributed by atoms with Gasteiger partial charge < -0.3 is 14.2 Å². The van der Waals surface area contributed by atoms with E-state index in [1.165, 1.54) is 5.56 Å². The topological polar surface area (TPSA) is 43.3 Å². The molecule has 0 aromatic heterocycles. The molecule has 1 fully saturated rings. The van der Waals surface area contributed by atoms with Crippen molar-refractivity contribution < 1.29 is 23.0 Å². The highest BCUT2D eigenvalue weighted by atomic mass is 19.3. The van der Waals surface area contributed by atoms with Gasteiger partial charge in [0, 0.05) is 30.4 Å². The highest BCUT2D eigenvalue weighted by Gasteiger charge is 2.53. The second-order valence-electron chi connectivity index (χ2n) is 9.60. The smallest absolute Gasteiger partial charge is 0.387 e. The van der Waals surface area contributed by atoms with Crippen LogP contribution >= 0.6 is 0 Å². The van der Waals surface area contributed by atoms with Gasteiger partial charge in [0.2, 0.25) is 0 Å². The summed E-state index contributed by atoms with van der Waals surface area (Å²) < 4.78 is 43.6. The van der Waals surface area contributed by atoms with E-state index in [-0.39, 0.29) is 11.8 Å². The Morgan fingerprint density at radius 3 is 2.42 bits per heavy atom. The molecule has 3 aromatic rings. The van der Waals surface area contributed by atoms with E-state index in [1.807, 2.05) is 30.3 Å². The second-order valence-corrected chi connectivity index (χ2v) is 9.60. The first-order chi connectivity index (χ1) is 17.6. The summed E-state index contributed by atoms with van der Waals surface area (Å²) in [5, 5.41) is 7.12. The van der Waals surface area contributed by atoms with Crippen LogP contribution in [-0.2, 0) is 0 Å². The minimum absolute atomic E-state index is 0.0771. The summed E-state index contributed by atoms with van der Waals surface area (Å²) in [6.45, 7) is -2.90. The normalized spacial score (nSPS) is 24.7. The summed E-state index contributed by atoms with van der Waals surface area (Å²) in [4.78, 5) is 0. The van der Waals surface area contributed by atoms with Crippen LogP contribution in [0.3, 0.4) is 0 Å². The molecule has 1 saturated carbocycles. The van der Waals surface area contributed by atoms with Crippen LogP contribution in [0, 0.1) is 0 Å². The molecule has 2 heterocycles. The van der Waals surface area contributed by atoms with E-state index in [1.54, 1.807) is 25.3 Å². The van der Waals surface area contributed by atoms with Gasteiger partial charge in [0.05, 0.1) is 18.9 Å². The Balaban J connectivity index is 1.39. The lowest BCUT2D eigenvalue weighted by atomic mass is 9.78. The van der Waals surface area contributed by atoms with Crippen molar-refractivity contribution in [3.05, 3.63) is 89.5 Å². The van der Waals surface area contributed by atoms with Crippen molar-refractivity contribution in [3.63, 3.8) is 0 Å². The first kappa shape index (κ1) is 22.8. The van der Waals surface area contributed by atoms with Crippen molar-refractivity contribution in [2.24, 2.45) is 5.10 Å². The number of methoxy groups -OCH3 is 1. The van der Waals surface area contributed by atoms with Gasteiger partial charge in [-0.2, -0.15) is 13.9 Å². The SMILES string of the molecule is COc1cccc2c1OC1(CCC(c3ccccc3)CC1)N1N=C(c3ccccc3OC(F)F)C[C@H]21. The third kappa shape index (κ3) is 3.87. The molecule has 1 atom stereocenters. The van der Waals surface area contributed by atoms with Gasteiger partial charge in [-0.25, -0.2) is 5.01 Å². The molecule has 0 amide bonds. The number of para-hydroxylation sites is 2.